The first kappa shape index (κ1) is 9.53. The van der Waals surface area contributed by atoms with Gasteiger partial charge in [-0.3, -0.25) is 0 Å². The van der Waals surface area contributed by atoms with Crippen LogP contribution in [0, 0.1) is 0 Å². The number of benzene rings is 1. The second-order valence-corrected chi connectivity index (χ2v) is 4.02. The average Bonchev–Trinajstić information content (AvgIpc) is 2.23. The van der Waals surface area contributed by atoms with Gasteiger partial charge in [0.1, 0.15) is 0 Å². The van der Waals surface area contributed by atoms with Crippen molar-refractivity contribution in [1.29, 1.82) is 0 Å². The Kier molecular flexibility index (Phi) is 3.04. The van der Waals surface area contributed by atoms with Crippen LogP contribution in [0.15, 0.2) is 30.3 Å². The van der Waals surface area contributed by atoms with Gasteiger partial charge in [0, 0.05) is 11.7 Å². The Labute approximate surface area is 85.0 Å². The molecular formula is C12H17NO. The van der Waals surface area contributed by atoms with E-state index in [1.807, 2.05) is 18.2 Å². The van der Waals surface area contributed by atoms with Gasteiger partial charge in [-0.15, -0.1) is 0 Å². The molecule has 1 aromatic rings. The topological polar surface area (TPSA) is 32.3 Å². The maximum Gasteiger partial charge on any atom is 0.0541 e. The van der Waals surface area contributed by atoms with Crippen LogP contribution in [0.2, 0.25) is 0 Å². The van der Waals surface area contributed by atoms with Crippen molar-refractivity contribution in [2.75, 3.05) is 5.32 Å². The number of para-hydroxylation sites is 1. The van der Waals surface area contributed by atoms with Crippen LogP contribution < -0.4 is 5.32 Å². The highest BCUT2D eigenvalue weighted by Gasteiger charge is 2.18. The molecule has 1 aliphatic carbocycles. The van der Waals surface area contributed by atoms with E-state index in [9.17, 15) is 5.11 Å². The van der Waals surface area contributed by atoms with Crippen molar-refractivity contribution in [1.82, 2.24) is 0 Å². The van der Waals surface area contributed by atoms with Gasteiger partial charge in [-0.25, -0.2) is 0 Å². The van der Waals surface area contributed by atoms with Gasteiger partial charge in [0.25, 0.3) is 0 Å². The molecule has 1 fully saturated rings. The lowest BCUT2D eigenvalue weighted by Gasteiger charge is -2.26. The van der Waals surface area contributed by atoms with E-state index in [1.165, 1.54) is 5.69 Å². The van der Waals surface area contributed by atoms with Crippen LogP contribution in [0.25, 0.3) is 0 Å². The lowest BCUT2D eigenvalue weighted by atomic mass is 9.93. The van der Waals surface area contributed by atoms with Gasteiger partial charge in [0.05, 0.1) is 6.10 Å². The van der Waals surface area contributed by atoms with Crippen LogP contribution in [0.1, 0.15) is 25.7 Å². The third-order valence-electron chi connectivity index (χ3n) is 2.84. The normalized spacial score (nSPS) is 27.2. The van der Waals surface area contributed by atoms with E-state index in [0.717, 1.165) is 25.7 Å². The molecule has 0 heterocycles. The smallest absolute Gasteiger partial charge is 0.0541 e. The molecule has 0 atom stereocenters. The van der Waals surface area contributed by atoms with Gasteiger partial charge >= 0.3 is 0 Å². The Morgan fingerprint density at radius 1 is 1.00 bits per heavy atom. The fraction of sp³-hybridized carbons (Fsp3) is 0.500. The van der Waals surface area contributed by atoms with Crippen molar-refractivity contribution in [3.8, 4) is 0 Å². The molecule has 2 nitrogen and oxygen atoms in total. The molecule has 0 amide bonds. The van der Waals surface area contributed by atoms with E-state index in [4.69, 9.17) is 0 Å². The number of nitrogens with one attached hydrogen (secondary N) is 1. The van der Waals surface area contributed by atoms with E-state index in [-0.39, 0.29) is 6.10 Å². The molecule has 0 unspecified atom stereocenters. The SMILES string of the molecule is OC1CCC(Nc2ccccc2)CC1. The zero-order valence-electron chi connectivity index (χ0n) is 8.32. The summed E-state index contributed by atoms with van der Waals surface area (Å²) in [5.74, 6) is 0. The first-order valence-corrected chi connectivity index (χ1v) is 5.34. The number of aliphatic hydroxyl groups is 1. The summed E-state index contributed by atoms with van der Waals surface area (Å²) in [6, 6.07) is 10.8. The molecule has 0 aromatic heterocycles. The van der Waals surface area contributed by atoms with Crippen molar-refractivity contribution >= 4 is 5.69 Å². The lowest BCUT2D eigenvalue weighted by molar-refractivity contribution is 0.126. The summed E-state index contributed by atoms with van der Waals surface area (Å²) in [5, 5.41) is 12.9. The van der Waals surface area contributed by atoms with Crippen LogP contribution in [-0.4, -0.2) is 17.3 Å². The van der Waals surface area contributed by atoms with E-state index in [2.05, 4.69) is 17.4 Å². The highest BCUT2D eigenvalue weighted by atomic mass is 16.3. The molecule has 1 aromatic carbocycles. The van der Waals surface area contributed by atoms with Gasteiger partial charge in [0.15, 0.2) is 0 Å². The average molecular weight is 191 g/mol. The first-order chi connectivity index (χ1) is 6.84. The summed E-state index contributed by atoms with van der Waals surface area (Å²) in [6.45, 7) is 0. The van der Waals surface area contributed by atoms with Crippen molar-refractivity contribution in [3.63, 3.8) is 0 Å². The molecule has 1 aliphatic rings. The van der Waals surface area contributed by atoms with Crippen LogP contribution in [-0.2, 0) is 0 Å². The number of aliphatic hydroxyl groups excluding tert-OH is 1. The summed E-state index contributed by atoms with van der Waals surface area (Å²) in [4.78, 5) is 0. The van der Waals surface area contributed by atoms with Crippen LogP contribution in [0.5, 0.6) is 0 Å². The van der Waals surface area contributed by atoms with Crippen molar-refractivity contribution in [3.05, 3.63) is 30.3 Å². The number of hydrogen-bond donors (Lipinski definition) is 2. The summed E-state index contributed by atoms with van der Waals surface area (Å²) in [5.41, 5.74) is 1.19. The first-order valence-electron chi connectivity index (χ1n) is 5.34. The Hall–Kier alpha value is -1.02. The molecular weight excluding hydrogens is 174 g/mol. The predicted octanol–water partition coefficient (Wildman–Crippen LogP) is 2.40. The molecule has 1 saturated carbocycles. The van der Waals surface area contributed by atoms with Crippen LogP contribution >= 0.6 is 0 Å². The monoisotopic (exact) mass is 191 g/mol. The molecule has 0 spiro atoms. The Bertz CT molecular complexity index is 265. The summed E-state index contributed by atoms with van der Waals surface area (Å²) < 4.78 is 0. The summed E-state index contributed by atoms with van der Waals surface area (Å²) >= 11 is 0. The molecule has 76 valence electrons. The van der Waals surface area contributed by atoms with Gasteiger partial charge in [-0.05, 0) is 37.8 Å². The van der Waals surface area contributed by atoms with E-state index < -0.39 is 0 Å². The second kappa shape index (κ2) is 4.47. The largest absolute Gasteiger partial charge is 0.393 e. The molecule has 0 radical (unpaired) electrons. The fourth-order valence-electron chi connectivity index (χ4n) is 1.99. The molecule has 2 heteroatoms. The molecule has 2 rings (SSSR count). The van der Waals surface area contributed by atoms with Crippen LogP contribution in [0.3, 0.4) is 0 Å². The maximum atomic E-state index is 9.37. The fourth-order valence-corrected chi connectivity index (χ4v) is 1.99. The minimum Gasteiger partial charge on any atom is -0.393 e. The lowest BCUT2D eigenvalue weighted by Crippen LogP contribution is -2.28. The van der Waals surface area contributed by atoms with E-state index in [0.29, 0.717) is 6.04 Å². The van der Waals surface area contributed by atoms with E-state index in [1.54, 1.807) is 0 Å². The Morgan fingerprint density at radius 2 is 1.64 bits per heavy atom. The predicted molar refractivity (Wildman–Crippen MR) is 58.3 cm³/mol. The molecule has 14 heavy (non-hydrogen) atoms. The quantitative estimate of drug-likeness (QED) is 0.752. The van der Waals surface area contributed by atoms with Gasteiger partial charge in [-0.2, -0.15) is 0 Å². The highest BCUT2D eigenvalue weighted by Crippen LogP contribution is 2.21. The van der Waals surface area contributed by atoms with Crippen LogP contribution in [0.4, 0.5) is 5.69 Å². The minimum absolute atomic E-state index is 0.0659. The molecule has 0 aliphatic heterocycles. The number of anilines is 1. The summed E-state index contributed by atoms with van der Waals surface area (Å²) in [7, 11) is 0. The Balaban J connectivity index is 1.87. The minimum atomic E-state index is -0.0659. The second-order valence-electron chi connectivity index (χ2n) is 4.02. The zero-order chi connectivity index (χ0) is 9.80. The molecule has 2 N–H and O–H groups in total. The van der Waals surface area contributed by atoms with Crippen molar-refractivity contribution < 1.29 is 5.11 Å². The number of rotatable bonds is 2. The Morgan fingerprint density at radius 3 is 2.29 bits per heavy atom. The van der Waals surface area contributed by atoms with Crippen molar-refractivity contribution in [2.24, 2.45) is 0 Å². The third kappa shape index (κ3) is 2.48. The van der Waals surface area contributed by atoms with Crippen molar-refractivity contribution in [2.45, 2.75) is 37.8 Å². The zero-order valence-corrected chi connectivity index (χ0v) is 8.32. The maximum absolute atomic E-state index is 9.37. The molecule has 0 saturated heterocycles. The van der Waals surface area contributed by atoms with E-state index >= 15 is 0 Å². The highest BCUT2D eigenvalue weighted by molar-refractivity contribution is 5.43. The van der Waals surface area contributed by atoms with Gasteiger partial charge in [-0.1, -0.05) is 18.2 Å². The third-order valence-corrected chi connectivity index (χ3v) is 2.84. The summed E-state index contributed by atoms with van der Waals surface area (Å²) in [6.07, 6.45) is 3.96. The molecule has 0 bridgehead atoms. The number of hydrogen-bond acceptors (Lipinski definition) is 2. The standard InChI is InChI=1S/C12H17NO/c14-12-8-6-11(7-9-12)13-10-4-2-1-3-5-10/h1-5,11-14H,6-9H2. The van der Waals surface area contributed by atoms with Gasteiger partial charge in [0.2, 0.25) is 0 Å². The van der Waals surface area contributed by atoms with Gasteiger partial charge < -0.3 is 10.4 Å².